The summed E-state index contributed by atoms with van der Waals surface area (Å²) in [6.45, 7) is 7.82. The Balaban J connectivity index is 1.63. The molecule has 6 heteroatoms. The van der Waals surface area contributed by atoms with Gasteiger partial charge < -0.3 is 19.7 Å². The molecule has 4 rings (SSSR count). The van der Waals surface area contributed by atoms with Gasteiger partial charge in [0.25, 0.3) is 0 Å². The van der Waals surface area contributed by atoms with Crippen LogP contribution in [0.3, 0.4) is 0 Å². The van der Waals surface area contributed by atoms with E-state index < -0.39 is 5.60 Å². The molecule has 6 nitrogen and oxygen atoms in total. The zero-order valence-electron chi connectivity index (χ0n) is 21.4. The molecule has 2 N–H and O–H groups in total. The van der Waals surface area contributed by atoms with Crippen molar-refractivity contribution in [2.75, 3.05) is 20.2 Å². The van der Waals surface area contributed by atoms with Crippen LogP contribution in [0.2, 0.25) is 0 Å². The number of rotatable bonds is 8. The number of hydrogen-bond donors (Lipinski definition) is 2. The molecule has 2 aromatic carbocycles. The molecule has 0 saturated carbocycles. The van der Waals surface area contributed by atoms with Gasteiger partial charge in [0.2, 0.25) is 0 Å². The van der Waals surface area contributed by atoms with Gasteiger partial charge >= 0.3 is 5.97 Å². The van der Waals surface area contributed by atoms with Gasteiger partial charge in [-0.1, -0.05) is 56.3 Å². The summed E-state index contributed by atoms with van der Waals surface area (Å²) in [5.74, 6) is 0.370. The Morgan fingerprint density at radius 2 is 1.83 bits per heavy atom. The Kier molecular flexibility index (Phi) is 7.96. The topological polar surface area (TPSA) is 79.2 Å². The van der Waals surface area contributed by atoms with E-state index in [4.69, 9.17) is 9.47 Å². The average Bonchev–Trinajstić information content (AvgIpc) is 2.87. The predicted molar refractivity (Wildman–Crippen MR) is 135 cm³/mol. The number of ether oxygens (including phenoxy) is 2. The SMILES string of the molecule is COC(C)(C(=O)O[C@@H]1C[C@@H]2c3cc(CO)c(CO)cc3CCN2C[C@@H]1CC(C)C)c1ccccc1. The van der Waals surface area contributed by atoms with Crippen molar-refractivity contribution in [1.82, 2.24) is 4.90 Å². The van der Waals surface area contributed by atoms with E-state index in [1.807, 2.05) is 42.5 Å². The normalized spacial score (nSPS) is 23.9. The monoisotopic (exact) mass is 481 g/mol. The lowest BCUT2D eigenvalue weighted by Crippen LogP contribution is -2.51. The van der Waals surface area contributed by atoms with Crippen molar-refractivity contribution in [2.24, 2.45) is 11.8 Å². The predicted octanol–water partition coefficient (Wildman–Crippen LogP) is 4.11. The maximum atomic E-state index is 13.6. The lowest BCUT2D eigenvalue weighted by Gasteiger charge is -2.47. The number of aliphatic hydroxyl groups excluding tert-OH is 2. The number of carbonyl (C=O) groups excluding carboxylic acids is 1. The van der Waals surface area contributed by atoms with Crippen molar-refractivity contribution < 1.29 is 24.5 Å². The summed E-state index contributed by atoms with van der Waals surface area (Å²) in [6.07, 6.45) is 2.37. The van der Waals surface area contributed by atoms with Gasteiger partial charge in [-0.3, -0.25) is 4.90 Å². The molecule has 2 heterocycles. The van der Waals surface area contributed by atoms with Gasteiger partial charge in [0, 0.05) is 38.6 Å². The smallest absolute Gasteiger partial charge is 0.343 e. The molecule has 0 bridgehead atoms. The second kappa shape index (κ2) is 10.8. The molecule has 0 aliphatic carbocycles. The van der Waals surface area contributed by atoms with Crippen molar-refractivity contribution in [3.63, 3.8) is 0 Å². The first-order chi connectivity index (χ1) is 16.8. The summed E-state index contributed by atoms with van der Waals surface area (Å²) in [7, 11) is 1.55. The zero-order valence-corrected chi connectivity index (χ0v) is 21.4. The minimum atomic E-state index is -1.18. The van der Waals surface area contributed by atoms with Crippen LogP contribution in [0.4, 0.5) is 0 Å². The van der Waals surface area contributed by atoms with Crippen LogP contribution in [0, 0.1) is 11.8 Å². The highest BCUT2D eigenvalue weighted by Gasteiger charge is 2.44. The maximum Gasteiger partial charge on any atom is 0.343 e. The van der Waals surface area contributed by atoms with Gasteiger partial charge in [0.1, 0.15) is 6.10 Å². The molecule has 2 aliphatic heterocycles. The van der Waals surface area contributed by atoms with E-state index in [9.17, 15) is 15.0 Å². The van der Waals surface area contributed by atoms with Crippen LogP contribution in [0.25, 0.3) is 0 Å². The number of esters is 1. The van der Waals surface area contributed by atoms with Crippen LogP contribution in [0.15, 0.2) is 42.5 Å². The average molecular weight is 482 g/mol. The number of benzene rings is 2. The first-order valence-corrected chi connectivity index (χ1v) is 12.7. The van der Waals surface area contributed by atoms with Crippen molar-refractivity contribution in [3.05, 3.63) is 70.3 Å². The second-order valence-electron chi connectivity index (χ2n) is 10.6. The highest BCUT2D eigenvalue weighted by molar-refractivity contribution is 5.81. The highest BCUT2D eigenvalue weighted by Crippen LogP contribution is 2.42. The Hall–Kier alpha value is -2.25. The van der Waals surface area contributed by atoms with Crippen molar-refractivity contribution in [1.29, 1.82) is 0 Å². The van der Waals surface area contributed by atoms with Crippen LogP contribution in [0.1, 0.15) is 67.5 Å². The van der Waals surface area contributed by atoms with Gasteiger partial charge in [-0.05, 0) is 53.5 Å². The van der Waals surface area contributed by atoms with Crippen molar-refractivity contribution in [3.8, 4) is 0 Å². The molecule has 1 unspecified atom stereocenters. The van der Waals surface area contributed by atoms with Gasteiger partial charge in [-0.15, -0.1) is 0 Å². The standard InChI is InChI=1S/C29H39NO5/c1-19(2)12-21-16-30-11-10-20-13-22(17-31)23(18-32)14-25(20)26(30)15-27(21)35-28(33)29(3,34-4)24-8-6-5-7-9-24/h5-9,13-14,19,21,26-27,31-32H,10-12,15-18H2,1-4H3/t21-,26+,27+,29?/m0/s1. The first-order valence-electron chi connectivity index (χ1n) is 12.7. The Labute approximate surface area is 208 Å². The van der Waals surface area contributed by atoms with E-state index in [-0.39, 0.29) is 37.2 Å². The summed E-state index contributed by atoms with van der Waals surface area (Å²) in [5.41, 5.74) is 3.55. The van der Waals surface area contributed by atoms with Crippen LogP contribution in [-0.2, 0) is 39.5 Å². The molecule has 4 atom stereocenters. The molecule has 2 aliphatic rings. The van der Waals surface area contributed by atoms with Crippen LogP contribution in [0.5, 0.6) is 0 Å². The van der Waals surface area contributed by atoms with Gasteiger partial charge in [0.05, 0.1) is 13.2 Å². The van der Waals surface area contributed by atoms with E-state index >= 15 is 0 Å². The number of nitrogens with zero attached hydrogens (tertiary/aromatic N) is 1. The van der Waals surface area contributed by atoms with Gasteiger partial charge in [-0.2, -0.15) is 0 Å². The Morgan fingerprint density at radius 1 is 1.14 bits per heavy atom. The Morgan fingerprint density at radius 3 is 2.46 bits per heavy atom. The minimum absolute atomic E-state index is 0.0800. The molecule has 2 aromatic rings. The van der Waals surface area contributed by atoms with E-state index in [0.717, 1.165) is 42.6 Å². The molecule has 0 radical (unpaired) electrons. The van der Waals surface area contributed by atoms with E-state index in [1.54, 1.807) is 14.0 Å². The van der Waals surface area contributed by atoms with E-state index in [2.05, 4.69) is 18.7 Å². The molecule has 35 heavy (non-hydrogen) atoms. The van der Waals surface area contributed by atoms with Crippen LogP contribution < -0.4 is 0 Å². The number of carbonyl (C=O) groups is 1. The first kappa shape index (κ1) is 25.8. The van der Waals surface area contributed by atoms with Crippen LogP contribution in [-0.4, -0.2) is 47.4 Å². The van der Waals surface area contributed by atoms with Gasteiger partial charge in [0.15, 0.2) is 5.60 Å². The van der Waals surface area contributed by atoms with Gasteiger partial charge in [-0.25, -0.2) is 4.79 Å². The molecular weight excluding hydrogens is 442 g/mol. The fourth-order valence-electron chi connectivity index (χ4n) is 5.82. The number of aliphatic hydroxyl groups is 2. The van der Waals surface area contributed by atoms with E-state index in [0.29, 0.717) is 12.3 Å². The molecule has 1 saturated heterocycles. The fraction of sp³-hybridized carbons (Fsp3) is 0.552. The molecule has 190 valence electrons. The Bertz CT molecular complexity index is 1020. The van der Waals surface area contributed by atoms with Crippen LogP contribution >= 0.6 is 0 Å². The summed E-state index contributed by atoms with van der Waals surface area (Å²) in [6, 6.07) is 13.7. The number of hydrogen-bond acceptors (Lipinski definition) is 6. The summed E-state index contributed by atoms with van der Waals surface area (Å²) >= 11 is 0. The number of piperidine rings is 1. The van der Waals surface area contributed by atoms with E-state index in [1.165, 1.54) is 11.1 Å². The maximum absolute atomic E-state index is 13.6. The summed E-state index contributed by atoms with van der Waals surface area (Å²) < 4.78 is 12.0. The molecule has 0 aromatic heterocycles. The third-order valence-corrected chi connectivity index (χ3v) is 7.88. The molecule has 0 spiro atoms. The number of methoxy groups -OCH3 is 1. The molecule has 0 amide bonds. The van der Waals surface area contributed by atoms with Crippen molar-refractivity contribution >= 4 is 5.97 Å². The minimum Gasteiger partial charge on any atom is -0.460 e. The second-order valence-corrected chi connectivity index (χ2v) is 10.6. The third kappa shape index (κ3) is 5.17. The third-order valence-electron chi connectivity index (χ3n) is 7.88. The lowest BCUT2D eigenvalue weighted by atomic mass is 9.78. The van der Waals surface area contributed by atoms with Crippen molar-refractivity contribution in [2.45, 2.75) is 71.0 Å². The fourth-order valence-corrected chi connectivity index (χ4v) is 5.82. The lowest BCUT2D eigenvalue weighted by molar-refractivity contribution is -0.182. The summed E-state index contributed by atoms with van der Waals surface area (Å²) in [4.78, 5) is 16.1. The zero-order chi connectivity index (χ0) is 25.2. The quantitative estimate of drug-likeness (QED) is 0.553. The molecule has 1 fully saturated rings. The summed E-state index contributed by atoms with van der Waals surface area (Å²) in [5, 5.41) is 19.6. The number of fused-ring (bicyclic) bond motifs is 3. The molecular formula is C29H39NO5. The highest BCUT2D eigenvalue weighted by atomic mass is 16.6. The largest absolute Gasteiger partial charge is 0.460 e.